The highest BCUT2D eigenvalue weighted by Crippen LogP contribution is 2.25. The Bertz CT molecular complexity index is 526. The second-order valence-corrected chi connectivity index (χ2v) is 6.67. The van der Waals surface area contributed by atoms with Crippen molar-refractivity contribution in [2.75, 3.05) is 13.2 Å². The molecule has 0 bridgehead atoms. The fraction of sp³-hybridized carbons (Fsp3) is 0.538. The molecule has 19 heavy (non-hydrogen) atoms. The predicted molar refractivity (Wildman–Crippen MR) is 71.5 cm³/mol. The van der Waals surface area contributed by atoms with Crippen LogP contribution in [-0.2, 0) is 14.8 Å². The van der Waals surface area contributed by atoms with Crippen molar-refractivity contribution in [1.82, 2.24) is 4.31 Å². The standard InChI is InChI=1S/C13H19NO4S/c1-3-11-9-18-10(2)8-14(11)19(16,17)13-6-4-12(15)5-7-13/h4-7,10-11,15H,3,8-9H2,1-2H3. The first-order valence-corrected chi connectivity index (χ1v) is 7.81. The average Bonchev–Trinajstić information content (AvgIpc) is 2.39. The molecule has 0 aromatic heterocycles. The van der Waals surface area contributed by atoms with E-state index in [0.29, 0.717) is 19.6 Å². The van der Waals surface area contributed by atoms with Gasteiger partial charge in [-0.05, 0) is 37.6 Å². The zero-order valence-corrected chi connectivity index (χ0v) is 11.9. The molecule has 1 saturated heterocycles. The van der Waals surface area contributed by atoms with Crippen LogP contribution < -0.4 is 0 Å². The Morgan fingerprint density at radius 1 is 1.37 bits per heavy atom. The summed E-state index contributed by atoms with van der Waals surface area (Å²) in [7, 11) is -3.53. The number of phenols is 1. The first-order valence-electron chi connectivity index (χ1n) is 6.37. The van der Waals surface area contributed by atoms with Crippen molar-refractivity contribution in [3.63, 3.8) is 0 Å². The molecule has 1 aromatic rings. The minimum Gasteiger partial charge on any atom is -0.508 e. The van der Waals surface area contributed by atoms with E-state index in [0.717, 1.165) is 0 Å². The number of phenolic OH excluding ortho intramolecular Hbond substituents is 1. The van der Waals surface area contributed by atoms with E-state index in [1.54, 1.807) is 0 Å². The number of ether oxygens (including phenoxy) is 1. The molecule has 5 nitrogen and oxygen atoms in total. The fourth-order valence-electron chi connectivity index (χ4n) is 2.18. The van der Waals surface area contributed by atoms with Crippen LogP contribution in [0.4, 0.5) is 0 Å². The van der Waals surface area contributed by atoms with Crippen molar-refractivity contribution in [1.29, 1.82) is 0 Å². The van der Waals surface area contributed by atoms with Gasteiger partial charge in [-0.25, -0.2) is 8.42 Å². The second-order valence-electron chi connectivity index (χ2n) is 4.77. The van der Waals surface area contributed by atoms with Crippen LogP contribution in [0.2, 0.25) is 0 Å². The Morgan fingerprint density at radius 2 is 2.00 bits per heavy atom. The molecule has 0 saturated carbocycles. The highest BCUT2D eigenvalue weighted by Gasteiger charge is 2.35. The van der Waals surface area contributed by atoms with Crippen LogP contribution in [0.5, 0.6) is 5.75 Å². The van der Waals surface area contributed by atoms with Crippen molar-refractivity contribution in [2.24, 2.45) is 0 Å². The summed E-state index contributed by atoms with van der Waals surface area (Å²) in [5.74, 6) is 0.0568. The molecule has 0 radical (unpaired) electrons. The van der Waals surface area contributed by atoms with Crippen molar-refractivity contribution in [2.45, 2.75) is 37.3 Å². The molecular weight excluding hydrogens is 266 g/mol. The predicted octanol–water partition coefficient (Wildman–Crippen LogP) is 1.58. The number of benzene rings is 1. The van der Waals surface area contributed by atoms with Gasteiger partial charge in [0.25, 0.3) is 0 Å². The largest absolute Gasteiger partial charge is 0.508 e. The van der Waals surface area contributed by atoms with Gasteiger partial charge in [0.05, 0.1) is 17.6 Å². The maximum Gasteiger partial charge on any atom is 0.243 e. The molecule has 2 atom stereocenters. The number of aromatic hydroxyl groups is 1. The third-order valence-electron chi connectivity index (χ3n) is 3.33. The molecule has 1 aliphatic rings. The van der Waals surface area contributed by atoms with Crippen LogP contribution in [-0.4, -0.2) is 43.1 Å². The van der Waals surface area contributed by atoms with Gasteiger partial charge >= 0.3 is 0 Å². The third kappa shape index (κ3) is 2.91. The van der Waals surface area contributed by atoms with E-state index in [1.807, 2.05) is 13.8 Å². The van der Waals surface area contributed by atoms with E-state index < -0.39 is 10.0 Å². The Labute approximate surface area is 113 Å². The van der Waals surface area contributed by atoms with Crippen LogP contribution in [0, 0.1) is 0 Å². The average molecular weight is 285 g/mol. The van der Waals surface area contributed by atoms with Gasteiger partial charge in [0.1, 0.15) is 5.75 Å². The number of hydrogen-bond acceptors (Lipinski definition) is 4. The summed E-state index contributed by atoms with van der Waals surface area (Å²) in [6, 6.07) is 5.50. The zero-order valence-electron chi connectivity index (χ0n) is 11.1. The number of morpholine rings is 1. The summed E-state index contributed by atoms with van der Waals surface area (Å²) >= 11 is 0. The highest BCUT2D eigenvalue weighted by molar-refractivity contribution is 7.89. The normalized spacial score (nSPS) is 25.4. The van der Waals surface area contributed by atoms with Gasteiger partial charge in [0.2, 0.25) is 10.0 Å². The SMILES string of the molecule is CCC1COC(C)CN1S(=O)(=O)c1ccc(O)cc1. The minimum absolute atomic E-state index is 0.0568. The Morgan fingerprint density at radius 3 is 2.58 bits per heavy atom. The monoisotopic (exact) mass is 285 g/mol. The number of nitrogens with zero attached hydrogens (tertiary/aromatic N) is 1. The molecular formula is C13H19NO4S. The molecule has 0 amide bonds. The smallest absolute Gasteiger partial charge is 0.243 e. The molecule has 1 N–H and O–H groups in total. The van der Waals surface area contributed by atoms with Gasteiger partial charge < -0.3 is 9.84 Å². The maximum atomic E-state index is 12.6. The number of sulfonamides is 1. The minimum atomic E-state index is -3.53. The Balaban J connectivity index is 2.33. The highest BCUT2D eigenvalue weighted by atomic mass is 32.2. The van der Waals surface area contributed by atoms with Gasteiger partial charge in [-0.1, -0.05) is 6.92 Å². The van der Waals surface area contributed by atoms with E-state index in [-0.39, 0.29) is 22.8 Å². The first kappa shape index (κ1) is 14.3. The quantitative estimate of drug-likeness (QED) is 0.915. The van der Waals surface area contributed by atoms with Gasteiger partial charge in [0.15, 0.2) is 0 Å². The number of hydrogen-bond donors (Lipinski definition) is 1. The molecule has 0 aliphatic carbocycles. The van der Waals surface area contributed by atoms with Crippen molar-refractivity contribution in [3.05, 3.63) is 24.3 Å². The van der Waals surface area contributed by atoms with E-state index in [2.05, 4.69) is 0 Å². The lowest BCUT2D eigenvalue weighted by Crippen LogP contribution is -2.51. The molecule has 1 aromatic carbocycles. The molecule has 6 heteroatoms. The zero-order chi connectivity index (χ0) is 14.0. The van der Waals surface area contributed by atoms with Crippen LogP contribution in [0.1, 0.15) is 20.3 Å². The fourth-order valence-corrected chi connectivity index (χ4v) is 3.94. The van der Waals surface area contributed by atoms with E-state index in [4.69, 9.17) is 4.74 Å². The number of rotatable bonds is 3. The molecule has 106 valence electrons. The van der Waals surface area contributed by atoms with Crippen molar-refractivity contribution in [3.8, 4) is 5.75 Å². The topological polar surface area (TPSA) is 66.8 Å². The lowest BCUT2D eigenvalue weighted by molar-refractivity contribution is -0.0230. The van der Waals surface area contributed by atoms with Gasteiger partial charge in [-0.2, -0.15) is 4.31 Å². The summed E-state index contributed by atoms with van der Waals surface area (Å²) in [6.07, 6.45) is 0.610. The van der Waals surface area contributed by atoms with Crippen LogP contribution in [0.3, 0.4) is 0 Å². The maximum absolute atomic E-state index is 12.6. The Hall–Kier alpha value is -1.11. The van der Waals surface area contributed by atoms with Gasteiger partial charge in [0, 0.05) is 12.6 Å². The second kappa shape index (κ2) is 5.48. The Kier molecular flexibility index (Phi) is 4.13. The van der Waals surface area contributed by atoms with Crippen molar-refractivity contribution < 1.29 is 18.3 Å². The third-order valence-corrected chi connectivity index (χ3v) is 5.26. The van der Waals surface area contributed by atoms with E-state index in [1.165, 1.54) is 28.6 Å². The van der Waals surface area contributed by atoms with Gasteiger partial charge in [-0.3, -0.25) is 0 Å². The summed E-state index contributed by atoms with van der Waals surface area (Å²) in [4.78, 5) is 0.206. The van der Waals surface area contributed by atoms with Crippen LogP contribution in [0.25, 0.3) is 0 Å². The molecule has 2 rings (SSSR count). The molecule has 1 aliphatic heterocycles. The summed E-state index contributed by atoms with van der Waals surface area (Å²) in [6.45, 7) is 4.60. The summed E-state index contributed by atoms with van der Waals surface area (Å²) in [5, 5.41) is 9.24. The van der Waals surface area contributed by atoms with Crippen LogP contribution >= 0.6 is 0 Å². The van der Waals surface area contributed by atoms with E-state index in [9.17, 15) is 13.5 Å². The summed E-state index contributed by atoms with van der Waals surface area (Å²) in [5.41, 5.74) is 0. The molecule has 1 fully saturated rings. The van der Waals surface area contributed by atoms with Crippen molar-refractivity contribution >= 4 is 10.0 Å². The molecule has 0 spiro atoms. The lowest BCUT2D eigenvalue weighted by atomic mass is 10.2. The van der Waals surface area contributed by atoms with E-state index >= 15 is 0 Å². The first-order chi connectivity index (χ1) is 8.95. The van der Waals surface area contributed by atoms with Gasteiger partial charge in [-0.15, -0.1) is 0 Å². The lowest BCUT2D eigenvalue weighted by Gasteiger charge is -2.37. The van der Waals surface area contributed by atoms with Crippen LogP contribution in [0.15, 0.2) is 29.2 Å². The molecule has 2 unspecified atom stereocenters. The molecule has 1 heterocycles. The summed E-state index contributed by atoms with van der Waals surface area (Å²) < 4.78 is 32.2.